The molecular weight excluding hydrogens is 339 g/mol. The number of benzene rings is 1. The van der Waals surface area contributed by atoms with Crippen molar-refractivity contribution in [3.63, 3.8) is 0 Å². The van der Waals surface area contributed by atoms with E-state index in [2.05, 4.69) is 5.32 Å². The molecule has 0 fully saturated rings. The lowest BCUT2D eigenvalue weighted by molar-refractivity contribution is -0.138. The van der Waals surface area contributed by atoms with Crippen molar-refractivity contribution in [2.75, 3.05) is 5.32 Å². The Kier molecular flexibility index (Phi) is 3.81. The normalized spacial score (nSPS) is 17.2. The number of halogens is 3. The molecule has 1 aliphatic heterocycles. The van der Waals surface area contributed by atoms with Crippen molar-refractivity contribution in [2.24, 2.45) is 14.1 Å². The van der Waals surface area contributed by atoms with Gasteiger partial charge in [0.15, 0.2) is 0 Å². The highest BCUT2D eigenvalue weighted by Gasteiger charge is 2.39. The summed E-state index contributed by atoms with van der Waals surface area (Å²) in [5, 5.41) is 2.42. The summed E-state index contributed by atoms with van der Waals surface area (Å²) in [6, 6.07) is 4.83. The Hall–Kier alpha value is -2.84. The van der Waals surface area contributed by atoms with Gasteiger partial charge in [-0.05, 0) is 11.6 Å². The number of alkyl halides is 3. The third-order valence-corrected chi connectivity index (χ3v) is 4.34. The Balaban J connectivity index is 2.35. The fraction of sp³-hybridized carbons (Fsp3) is 0.312. The van der Waals surface area contributed by atoms with E-state index in [0.717, 1.165) is 15.2 Å². The number of carbonyl (C=O) groups excluding carboxylic acids is 1. The van der Waals surface area contributed by atoms with Crippen molar-refractivity contribution in [2.45, 2.75) is 18.5 Å². The molecule has 25 heavy (non-hydrogen) atoms. The highest BCUT2D eigenvalue weighted by atomic mass is 19.4. The first kappa shape index (κ1) is 17.0. The van der Waals surface area contributed by atoms with Crippen LogP contribution in [-0.2, 0) is 25.1 Å². The minimum absolute atomic E-state index is 0.0269. The number of amides is 1. The number of nitrogens with one attached hydrogen (secondary N) is 1. The largest absolute Gasteiger partial charge is 0.416 e. The SMILES string of the molecule is Cn1c2c(c(=O)n(C)c1=O)[C@H](c1ccccc1C(F)(F)F)CC(=O)N2. The van der Waals surface area contributed by atoms with E-state index in [1.54, 1.807) is 0 Å². The van der Waals surface area contributed by atoms with Crippen LogP contribution in [0.4, 0.5) is 19.0 Å². The van der Waals surface area contributed by atoms with Gasteiger partial charge in [0.1, 0.15) is 5.82 Å². The van der Waals surface area contributed by atoms with Crippen molar-refractivity contribution in [1.29, 1.82) is 0 Å². The quantitative estimate of drug-likeness (QED) is 0.846. The summed E-state index contributed by atoms with van der Waals surface area (Å²) in [7, 11) is 2.59. The molecule has 1 aliphatic rings. The Labute approximate surface area is 139 Å². The lowest BCUT2D eigenvalue weighted by Crippen LogP contribution is -2.44. The summed E-state index contributed by atoms with van der Waals surface area (Å²) >= 11 is 0. The second-order valence-corrected chi connectivity index (χ2v) is 5.86. The summed E-state index contributed by atoms with van der Waals surface area (Å²) in [4.78, 5) is 36.6. The van der Waals surface area contributed by atoms with E-state index in [0.29, 0.717) is 0 Å². The molecular formula is C16H14F3N3O3. The van der Waals surface area contributed by atoms with Gasteiger partial charge in [-0.1, -0.05) is 18.2 Å². The average Bonchev–Trinajstić information content (AvgIpc) is 2.56. The first-order chi connectivity index (χ1) is 11.6. The Morgan fingerprint density at radius 3 is 2.36 bits per heavy atom. The second-order valence-electron chi connectivity index (χ2n) is 5.86. The number of rotatable bonds is 1. The van der Waals surface area contributed by atoms with Gasteiger partial charge in [-0.25, -0.2) is 4.79 Å². The van der Waals surface area contributed by atoms with Crippen molar-refractivity contribution in [3.05, 3.63) is 61.8 Å². The molecule has 1 atom stereocenters. The summed E-state index contributed by atoms with van der Waals surface area (Å²) < 4.78 is 42.0. The van der Waals surface area contributed by atoms with Crippen LogP contribution >= 0.6 is 0 Å². The van der Waals surface area contributed by atoms with Crippen molar-refractivity contribution < 1.29 is 18.0 Å². The summed E-state index contributed by atoms with van der Waals surface area (Å²) in [6.45, 7) is 0. The van der Waals surface area contributed by atoms with E-state index in [1.165, 1.54) is 32.3 Å². The molecule has 132 valence electrons. The number of hydrogen-bond donors (Lipinski definition) is 1. The van der Waals surface area contributed by atoms with Gasteiger partial charge in [-0.15, -0.1) is 0 Å². The zero-order chi connectivity index (χ0) is 18.5. The molecule has 1 aromatic carbocycles. The van der Waals surface area contributed by atoms with Gasteiger partial charge in [0.2, 0.25) is 5.91 Å². The molecule has 2 aromatic rings. The molecule has 0 saturated carbocycles. The van der Waals surface area contributed by atoms with Gasteiger partial charge in [-0.3, -0.25) is 18.7 Å². The summed E-state index contributed by atoms with van der Waals surface area (Å²) in [5.74, 6) is -1.71. The van der Waals surface area contributed by atoms with E-state index in [-0.39, 0.29) is 23.4 Å². The lowest BCUT2D eigenvalue weighted by atomic mass is 9.84. The van der Waals surface area contributed by atoms with Crippen LogP contribution in [0.5, 0.6) is 0 Å². The maximum absolute atomic E-state index is 13.4. The van der Waals surface area contributed by atoms with E-state index in [9.17, 15) is 27.6 Å². The van der Waals surface area contributed by atoms with Crippen molar-refractivity contribution in [1.82, 2.24) is 9.13 Å². The predicted octanol–water partition coefficient (Wildman–Crippen LogP) is 1.58. The molecule has 1 aromatic heterocycles. The van der Waals surface area contributed by atoms with E-state index in [1.807, 2.05) is 0 Å². The molecule has 0 unspecified atom stereocenters. The topological polar surface area (TPSA) is 73.1 Å². The number of aromatic nitrogens is 2. The molecule has 9 heteroatoms. The van der Waals surface area contributed by atoms with E-state index >= 15 is 0 Å². The van der Waals surface area contributed by atoms with Crippen LogP contribution in [0, 0.1) is 0 Å². The average molecular weight is 353 g/mol. The third kappa shape index (κ3) is 2.65. The Morgan fingerprint density at radius 2 is 1.72 bits per heavy atom. The van der Waals surface area contributed by atoms with E-state index in [4.69, 9.17) is 0 Å². The molecule has 0 radical (unpaired) electrons. The van der Waals surface area contributed by atoms with Gasteiger partial charge in [0.25, 0.3) is 5.56 Å². The number of carbonyl (C=O) groups is 1. The smallest absolute Gasteiger partial charge is 0.312 e. The number of hydrogen-bond acceptors (Lipinski definition) is 3. The molecule has 2 heterocycles. The number of fused-ring (bicyclic) bond motifs is 1. The molecule has 0 bridgehead atoms. The number of anilines is 1. The third-order valence-electron chi connectivity index (χ3n) is 4.34. The Bertz CT molecular complexity index is 989. The van der Waals surface area contributed by atoms with Gasteiger partial charge in [0, 0.05) is 26.4 Å². The van der Waals surface area contributed by atoms with Crippen LogP contribution in [0.2, 0.25) is 0 Å². The minimum Gasteiger partial charge on any atom is -0.312 e. The first-order valence-electron chi connectivity index (χ1n) is 7.38. The summed E-state index contributed by atoms with van der Waals surface area (Å²) in [5.41, 5.74) is -2.49. The van der Waals surface area contributed by atoms with Gasteiger partial charge in [-0.2, -0.15) is 13.2 Å². The van der Waals surface area contributed by atoms with Crippen LogP contribution in [0.15, 0.2) is 33.9 Å². The fourth-order valence-electron chi connectivity index (χ4n) is 3.13. The highest BCUT2D eigenvalue weighted by Crippen LogP contribution is 2.41. The van der Waals surface area contributed by atoms with Crippen LogP contribution < -0.4 is 16.6 Å². The molecule has 0 saturated heterocycles. The zero-order valence-corrected chi connectivity index (χ0v) is 13.3. The predicted molar refractivity (Wildman–Crippen MR) is 83.5 cm³/mol. The molecule has 6 nitrogen and oxygen atoms in total. The van der Waals surface area contributed by atoms with Crippen molar-refractivity contribution in [3.8, 4) is 0 Å². The van der Waals surface area contributed by atoms with Gasteiger partial charge in [0.05, 0.1) is 11.1 Å². The Morgan fingerprint density at radius 1 is 1.08 bits per heavy atom. The van der Waals surface area contributed by atoms with Crippen LogP contribution in [0.1, 0.15) is 29.0 Å². The molecule has 1 N–H and O–H groups in total. The van der Waals surface area contributed by atoms with E-state index < -0.39 is 34.8 Å². The summed E-state index contributed by atoms with van der Waals surface area (Å²) in [6.07, 6.45) is -4.94. The van der Waals surface area contributed by atoms with Crippen LogP contribution in [-0.4, -0.2) is 15.0 Å². The molecule has 0 aliphatic carbocycles. The first-order valence-corrected chi connectivity index (χ1v) is 7.38. The molecule has 0 spiro atoms. The maximum Gasteiger partial charge on any atom is 0.416 e. The standard InChI is InChI=1S/C16H14F3N3O3/c1-21-13-12(14(24)22(2)15(21)25)9(7-11(23)20-13)8-5-3-4-6-10(8)16(17,18)19/h3-6,9H,7H2,1-2H3,(H,20,23)/t9-/m0/s1. The van der Waals surface area contributed by atoms with Gasteiger partial charge < -0.3 is 5.32 Å². The number of nitrogens with zero attached hydrogens (tertiary/aromatic N) is 2. The fourth-order valence-corrected chi connectivity index (χ4v) is 3.13. The highest BCUT2D eigenvalue weighted by molar-refractivity contribution is 5.94. The van der Waals surface area contributed by atoms with Crippen molar-refractivity contribution >= 4 is 11.7 Å². The molecule has 3 rings (SSSR count). The minimum atomic E-state index is -4.63. The zero-order valence-electron chi connectivity index (χ0n) is 13.3. The second kappa shape index (κ2) is 5.61. The van der Waals surface area contributed by atoms with Crippen LogP contribution in [0.3, 0.4) is 0 Å². The lowest BCUT2D eigenvalue weighted by Gasteiger charge is -2.28. The monoisotopic (exact) mass is 353 g/mol. The van der Waals surface area contributed by atoms with Crippen LogP contribution in [0.25, 0.3) is 0 Å². The van der Waals surface area contributed by atoms with Gasteiger partial charge >= 0.3 is 11.9 Å². The maximum atomic E-state index is 13.4. The molecule has 1 amide bonds.